The van der Waals surface area contributed by atoms with Crippen molar-refractivity contribution in [2.24, 2.45) is 0 Å². The molecule has 1 atom stereocenters. The second-order valence-corrected chi connectivity index (χ2v) is 4.49. The van der Waals surface area contributed by atoms with E-state index in [1.54, 1.807) is 10.9 Å². The van der Waals surface area contributed by atoms with E-state index in [9.17, 15) is 13.9 Å². The molecule has 1 N–H and O–H groups in total. The molecule has 0 saturated heterocycles. The second-order valence-electron chi connectivity index (χ2n) is 4.49. The van der Waals surface area contributed by atoms with Gasteiger partial charge in [-0.25, -0.2) is 13.8 Å². The third-order valence-corrected chi connectivity index (χ3v) is 3.19. The van der Waals surface area contributed by atoms with E-state index in [1.165, 1.54) is 12.3 Å². The molecule has 0 radical (unpaired) electrons. The van der Waals surface area contributed by atoms with E-state index in [1.807, 2.05) is 0 Å². The van der Waals surface area contributed by atoms with Crippen LogP contribution in [0, 0.1) is 11.6 Å². The molecule has 1 unspecified atom stereocenters. The van der Waals surface area contributed by atoms with Crippen LogP contribution in [-0.4, -0.2) is 14.7 Å². The lowest BCUT2D eigenvalue weighted by molar-refractivity contribution is 0.199. The first-order chi connectivity index (χ1) is 8.68. The molecule has 1 aromatic heterocycles. The lowest BCUT2D eigenvalue weighted by Crippen LogP contribution is -2.10. The second kappa shape index (κ2) is 4.17. The molecule has 1 aliphatic carbocycles. The van der Waals surface area contributed by atoms with Gasteiger partial charge in [-0.15, -0.1) is 0 Å². The van der Waals surface area contributed by atoms with Crippen molar-refractivity contribution in [1.82, 2.24) is 9.55 Å². The fourth-order valence-corrected chi connectivity index (χ4v) is 2.10. The fourth-order valence-electron chi connectivity index (χ4n) is 2.10. The number of hydrogen-bond donors (Lipinski definition) is 1. The van der Waals surface area contributed by atoms with Crippen molar-refractivity contribution < 1.29 is 13.9 Å². The number of aliphatic hydroxyl groups excluding tert-OH is 1. The number of benzene rings is 1. The highest BCUT2D eigenvalue weighted by Crippen LogP contribution is 2.38. The Morgan fingerprint density at radius 1 is 1.28 bits per heavy atom. The number of rotatable bonds is 3. The fraction of sp³-hybridized carbons (Fsp3) is 0.308. The van der Waals surface area contributed by atoms with Crippen LogP contribution in [-0.2, 0) is 0 Å². The normalized spacial score (nSPS) is 16.8. The Labute approximate surface area is 103 Å². The highest BCUT2D eigenvalue weighted by molar-refractivity contribution is 5.28. The van der Waals surface area contributed by atoms with Crippen molar-refractivity contribution in [3.05, 3.63) is 53.6 Å². The Morgan fingerprint density at radius 3 is 2.56 bits per heavy atom. The molecule has 5 heteroatoms. The molecule has 1 heterocycles. The van der Waals surface area contributed by atoms with E-state index in [0.29, 0.717) is 11.7 Å². The molecule has 1 saturated carbocycles. The van der Waals surface area contributed by atoms with Gasteiger partial charge in [-0.2, -0.15) is 0 Å². The van der Waals surface area contributed by atoms with Crippen LogP contribution in [0.15, 0.2) is 30.7 Å². The van der Waals surface area contributed by atoms with Gasteiger partial charge in [-0.05, 0) is 25.0 Å². The van der Waals surface area contributed by atoms with Crippen molar-refractivity contribution in [2.75, 3.05) is 0 Å². The topological polar surface area (TPSA) is 38.1 Å². The molecule has 94 valence electrons. The quantitative estimate of drug-likeness (QED) is 0.909. The van der Waals surface area contributed by atoms with Crippen LogP contribution < -0.4 is 0 Å². The third kappa shape index (κ3) is 1.80. The average molecular weight is 250 g/mol. The number of hydrogen-bond acceptors (Lipinski definition) is 2. The predicted octanol–water partition coefficient (Wildman–Crippen LogP) is 2.58. The maximum Gasteiger partial charge on any atom is 0.132 e. The van der Waals surface area contributed by atoms with Gasteiger partial charge < -0.3 is 9.67 Å². The third-order valence-electron chi connectivity index (χ3n) is 3.19. The van der Waals surface area contributed by atoms with Crippen molar-refractivity contribution in [2.45, 2.75) is 25.0 Å². The number of aromatic nitrogens is 2. The smallest absolute Gasteiger partial charge is 0.132 e. The molecule has 0 amide bonds. The molecule has 1 fully saturated rings. The van der Waals surface area contributed by atoms with Crippen LogP contribution in [0.3, 0.4) is 0 Å². The van der Waals surface area contributed by atoms with E-state index in [2.05, 4.69) is 4.98 Å². The van der Waals surface area contributed by atoms with Gasteiger partial charge >= 0.3 is 0 Å². The van der Waals surface area contributed by atoms with Crippen molar-refractivity contribution >= 4 is 0 Å². The Morgan fingerprint density at radius 2 is 1.94 bits per heavy atom. The lowest BCUT2D eigenvalue weighted by atomic mass is 10.1. The number of halogens is 2. The molecule has 3 nitrogen and oxygen atoms in total. The summed E-state index contributed by atoms with van der Waals surface area (Å²) < 4.78 is 29.0. The van der Waals surface area contributed by atoms with E-state index in [-0.39, 0.29) is 5.56 Å². The van der Waals surface area contributed by atoms with Gasteiger partial charge in [0.2, 0.25) is 0 Å². The maximum absolute atomic E-state index is 13.6. The van der Waals surface area contributed by atoms with Gasteiger partial charge in [-0.3, -0.25) is 0 Å². The van der Waals surface area contributed by atoms with E-state index in [4.69, 9.17) is 0 Å². The summed E-state index contributed by atoms with van der Waals surface area (Å²) in [5.74, 6) is -1.49. The Bertz CT molecular complexity index is 558. The first kappa shape index (κ1) is 11.3. The van der Waals surface area contributed by atoms with Gasteiger partial charge in [0, 0.05) is 6.04 Å². The van der Waals surface area contributed by atoms with Gasteiger partial charge in [0.1, 0.15) is 17.7 Å². The standard InChI is InChI=1S/C13H12F2N2O/c14-9-2-1-3-10(15)12(9)13(18)11-6-16-7-17(11)8-4-5-8/h1-3,6-8,13,18H,4-5H2. The van der Waals surface area contributed by atoms with Crippen LogP contribution in [0.2, 0.25) is 0 Å². The van der Waals surface area contributed by atoms with Crippen molar-refractivity contribution in [3.8, 4) is 0 Å². The van der Waals surface area contributed by atoms with Gasteiger partial charge in [-0.1, -0.05) is 6.07 Å². The molecule has 18 heavy (non-hydrogen) atoms. The molecule has 1 aromatic carbocycles. The summed E-state index contributed by atoms with van der Waals surface area (Å²) in [5.41, 5.74) is 0.112. The Hall–Kier alpha value is -1.75. The number of nitrogens with zero attached hydrogens (tertiary/aromatic N) is 2. The molecular weight excluding hydrogens is 238 g/mol. The van der Waals surface area contributed by atoms with E-state index in [0.717, 1.165) is 25.0 Å². The highest BCUT2D eigenvalue weighted by Gasteiger charge is 2.29. The molecule has 0 bridgehead atoms. The minimum Gasteiger partial charge on any atom is -0.382 e. The van der Waals surface area contributed by atoms with Crippen LogP contribution in [0.1, 0.15) is 36.2 Å². The predicted molar refractivity (Wildman–Crippen MR) is 60.9 cm³/mol. The molecule has 0 spiro atoms. The zero-order valence-corrected chi connectivity index (χ0v) is 9.55. The van der Waals surface area contributed by atoms with Crippen LogP contribution in [0.4, 0.5) is 8.78 Å². The number of imidazole rings is 1. The number of aliphatic hydroxyl groups is 1. The van der Waals surface area contributed by atoms with Crippen molar-refractivity contribution in [3.63, 3.8) is 0 Å². The summed E-state index contributed by atoms with van der Waals surface area (Å²) >= 11 is 0. The summed E-state index contributed by atoms with van der Waals surface area (Å²) in [4.78, 5) is 3.95. The minimum atomic E-state index is -1.32. The highest BCUT2D eigenvalue weighted by atomic mass is 19.1. The Balaban J connectivity index is 2.03. The summed E-state index contributed by atoms with van der Waals surface area (Å²) in [5, 5.41) is 10.2. The largest absolute Gasteiger partial charge is 0.382 e. The summed E-state index contributed by atoms with van der Waals surface area (Å²) in [6, 6.07) is 3.85. The zero-order chi connectivity index (χ0) is 12.7. The summed E-state index contributed by atoms with van der Waals surface area (Å²) in [7, 11) is 0. The van der Waals surface area contributed by atoms with Crippen LogP contribution in [0.5, 0.6) is 0 Å². The summed E-state index contributed by atoms with van der Waals surface area (Å²) in [6.45, 7) is 0. The lowest BCUT2D eigenvalue weighted by Gasteiger charge is -2.15. The van der Waals surface area contributed by atoms with E-state index >= 15 is 0 Å². The molecule has 3 rings (SSSR count). The van der Waals surface area contributed by atoms with E-state index < -0.39 is 17.7 Å². The molecule has 0 aliphatic heterocycles. The first-order valence-electron chi connectivity index (χ1n) is 5.82. The zero-order valence-electron chi connectivity index (χ0n) is 9.55. The molecular formula is C13H12F2N2O. The maximum atomic E-state index is 13.6. The van der Waals surface area contributed by atoms with Gasteiger partial charge in [0.25, 0.3) is 0 Å². The molecule has 1 aliphatic rings. The van der Waals surface area contributed by atoms with Crippen molar-refractivity contribution in [1.29, 1.82) is 0 Å². The van der Waals surface area contributed by atoms with Gasteiger partial charge in [0.15, 0.2) is 0 Å². The Kier molecular flexibility index (Phi) is 2.63. The molecule has 2 aromatic rings. The first-order valence-corrected chi connectivity index (χ1v) is 5.82. The average Bonchev–Trinajstić information content (AvgIpc) is 3.06. The van der Waals surface area contributed by atoms with Crippen LogP contribution in [0.25, 0.3) is 0 Å². The van der Waals surface area contributed by atoms with Gasteiger partial charge in [0.05, 0.1) is 23.8 Å². The monoisotopic (exact) mass is 250 g/mol. The summed E-state index contributed by atoms with van der Waals surface area (Å²) in [6.07, 6.45) is 3.74. The minimum absolute atomic E-state index is 0.298. The SMILES string of the molecule is OC(c1c(F)cccc1F)c1cncn1C1CC1. The van der Waals surface area contributed by atoms with Crippen LogP contribution >= 0.6 is 0 Å².